The second-order valence-electron chi connectivity index (χ2n) is 7.60. The maximum Gasteiger partial charge on any atom is -0.0252 e. The Hall–Kier alpha value is -0.260. The van der Waals surface area contributed by atoms with Crippen molar-refractivity contribution in [1.29, 1.82) is 0 Å². The number of hydrogen-bond acceptors (Lipinski definition) is 0. The minimum absolute atomic E-state index is 0.676. The van der Waals surface area contributed by atoms with E-state index >= 15 is 0 Å². The van der Waals surface area contributed by atoms with Gasteiger partial charge >= 0.3 is 0 Å². The van der Waals surface area contributed by atoms with E-state index in [0.29, 0.717) is 5.41 Å². The van der Waals surface area contributed by atoms with Crippen LogP contribution in [0.4, 0.5) is 0 Å². The van der Waals surface area contributed by atoms with Crippen molar-refractivity contribution < 1.29 is 0 Å². The first-order valence-corrected chi connectivity index (χ1v) is 7.08. The van der Waals surface area contributed by atoms with Crippen molar-refractivity contribution in [2.24, 2.45) is 22.7 Å². The van der Waals surface area contributed by atoms with Crippen molar-refractivity contribution >= 4 is 0 Å². The van der Waals surface area contributed by atoms with Crippen LogP contribution in [0.15, 0.2) is 11.1 Å². The highest BCUT2D eigenvalue weighted by atomic mass is 14.6. The summed E-state index contributed by atoms with van der Waals surface area (Å²) in [5, 5.41) is 0. The average molecular weight is 218 g/mol. The monoisotopic (exact) mass is 218 g/mol. The largest absolute Gasteiger partial charge is 0.0744 e. The van der Waals surface area contributed by atoms with Gasteiger partial charge in [-0.05, 0) is 75.0 Å². The van der Waals surface area contributed by atoms with Crippen LogP contribution in [0.25, 0.3) is 0 Å². The van der Waals surface area contributed by atoms with Crippen molar-refractivity contribution in [2.45, 2.75) is 66.2 Å². The molecule has 16 heavy (non-hydrogen) atoms. The molecule has 4 rings (SSSR count). The molecule has 0 aromatic heterocycles. The Morgan fingerprint density at radius 3 is 2.12 bits per heavy atom. The number of hydrogen-bond donors (Lipinski definition) is 0. The first-order chi connectivity index (χ1) is 7.43. The van der Waals surface area contributed by atoms with Gasteiger partial charge in [0.1, 0.15) is 0 Å². The maximum atomic E-state index is 2.51. The van der Waals surface area contributed by atoms with Crippen LogP contribution in [0.3, 0.4) is 0 Å². The molecule has 4 aliphatic carbocycles. The molecule has 3 saturated carbocycles. The van der Waals surface area contributed by atoms with E-state index in [2.05, 4.69) is 27.7 Å². The molecule has 0 saturated heterocycles. The summed E-state index contributed by atoms with van der Waals surface area (Å²) >= 11 is 0. The fraction of sp³-hybridized carbons (Fsp3) is 0.875. The maximum absolute atomic E-state index is 2.51. The fourth-order valence-electron chi connectivity index (χ4n) is 4.76. The van der Waals surface area contributed by atoms with Gasteiger partial charge in [-0.15, -0.1) is 0 Å². The molecule has 2 unspecified atom stereocenters. The Kier molecular flexibility index (Phi) is 2.14. The van der Waals surface area contributed by atoms with Crippen molar-refractivity contribution in [3.05, 3.63) is 11.1 Å². The van der Waals surface area contributed by atoms with Crippen molar-refractivity contribution in [1.82, 2.24) is 0 Å². The molecule has 0 radical (unpaired) electrons. The molecule has 0 heterocycles. The topological polar surface area (TPSA) is 0 Å². The normalized spacial score (nSPS) is 45.8. The van der Waals surface area contributed by atoms with Gasteiger partial charge in [-0.1, -0.05) is 25.0 Å². The summed E-state index contributed by atoms with van der Waals surface area (Å²) in [6.45, 7) is 9.74. The molecule has 0 N–H and O–H groups in total. The minimum atomic E-state index is 0.676. The van der Waals surface area contributed by atoms with Gasteiger partial charge in [-0.25, -0.2) is 0 Å². The molecule has 4 aliphatic rings. The first-order valence-electron chi connectivity index (χ1n) is 7.08. The Labute approximate surface area is 101 Å². The molecular formula is C16H26. The summed E-state index contributed by atoms with van der Waals surface area (Å²) in [6, 6.07) is 0. The molecule has 2 bridgehead atoms. The summed E-state index contributed by atoms with van der Waals surface area (Å²) in [5.74, 6) is 2.08. The molecule has 0 aromatic rings. The Balaban J connectivity index is 1.80. The SMILES string of the molecule is CC1=C(C)CC2(CC1)CC1CC(C2)C1(C)C. The summed E-state index contributed by atoms with van der Waals surface area (Å²) in [7, 11) is 0. The van der Waals surface area contributed by atoms with Gasteiger partial charge in [0.25, 0.3) is 0 Å². The Bertz CT molecular complexity index is 331. The summed E-state index contributed by atoms with van der Waals surface area (Å²) in [4.78, 5) is 0. The van der Waals surface area contributed by atoms with E-state index in [1.807, 2.05) is 0 Å². The van der Waals surface area contributed by atoms with Crippen LogP contribution in [-0.4, -0.2) is 0 Å². The quantitative estimate of drug-likeness (QED) is 0.505. The lowest BCUT2D eigenvalue weighted by molar-refractivity contribution is -0.130. The molecule has 3 fully saturated rings. The van der Waals surface area contributed by atoms with Crippen LogP contribution in [0, 0.1) is 22.7 Å². The van der Waals surface area contributed by atoms with Crippen LogP contribution in [0.2, 0.25) is 0 Å². The zero-order valence-corrected chi connectivity index (χ0v) is 11.4. The van der Waals surface area contributed by atoms with Crippen molar-refractivity contribution in [3.8, 4) is 0 Å². The average Bonchev–Trinajstić information content (AvgIpc) is 2.24. The van der Waals surface area contributed by atoms with E-state index < -0.39 is 0 Å². The Morgan fingerprint density at radius 1 is 1.00 bits per heavy atom. The van der Waals surface area contributed by atoms with Gasteiger partial charge in [-0.3, -0.25) is 0 Å². The summed E-state index contributed by atoms with van der Waals surface area (Å²) < 4.78 is 0. The second kappa shape index (κ2) is 3.15. The van der Waals surface area contributed by atoms with Crippen molar-refractivity contribution in [2.75, 3.05) is 0 Å². The third kappa shape index (κ3) is 1.34. The van der Waals surface area contributed by atoms with E-state index in [-0.39, 0.29) is 0 Å². The zero-order chi connectivity index (χ0) is 11.6. The molecular weight excluding hydrogens is 192 g/mol. The van der Waals surface area contributed by atoms with E-state index in [1.165, 1.54) is 38.5 Å². The van der Waals surface area contributed by atoms with E-state index in [1.54, 1.807) is 11.1 Å². The molecule has 0 amide bonds. The highest BCUT2D eigenvalue weighted by Gasteiger charge is 2.57. The van der Waals surface area contributed by atoms with E-state index in [9.17, 15) is 0 Å². The van der Waals surface area contributed by atoms with Crippen LogP contribution < -0.4 is 0 Å². The van der Waals surface area contributed by atoms with Crippen LogP contribution in [0.5, 0.6) is 0 Å². The lowest BCUT2D eigenvalue weighted by Crippen LogP contribution is -2.54. The zero-order valence-electron chi connectivity index (χ0n) is 11.4. The van der Waals surface area contributed by atoms with E-state index in [0.717, 1.165) is 17.3 Å². The third-order valence-electron chi connectivity index (χ3n) is 6.43. The molecule has 0 heteroatoms. The lowest BCUT2D eigenvalue weighted by atomic mass is 9.41. The molecule has 90 valence electrons. The summed E-state index contributed by atoms with van der Waals surface area (Å²) in [6.07, 6.45) is 8.88. The lowest BCUT2D eigenvalue weighted by Gasteiger charge is -2.63. The second-order valence-corrected chi connectivity index (χ2v) is 7.60. The fourth-order valence-corrected chi connectivity index (χ4v) is 4.76. The third-order valence-corrected chi connectivity index (χ3v) is 6.43. The molecule has 0 aliphatic heterocycles. The summed E-state index contributed by atoms with van der Waals surface area (Å²) in [5.41, 5.74) is 4.80. The molecule has 2 atom stereocenters. The predicted octanol–water partition coefficient (Wildman–Crippen LogP) is 4.95. The van der Waals surface area contributed by atoms with Crippen LogP contribution in [0.1, 0.15) is 66.2 Å². The van der Waals surface area contributed by atoms with Crippen molar-refractivity contribution in [3.63, 3.8) is 0 Å². The van der Waals surface area contributed by atoms with Gasteiger partial charge in [0.05, 0.1) is 0 Å². The van der Waals surface area contributed by atoms with Gasteiger partial charge in [0, 0.05) is 0 Å². The van der Waals surface area contributed by atoms with Crippen LogP contribution >= 0.6 is 0 Å². The highest BCUT2D eigenvalue weighted by molar-refractivity contribution is 5.19. The number of allylic oxidation sites excluding steroid dienone is 2. The van der Waals surface area contributed by atoms with Gasteiger partial charge < -0.3 is 0 Å². The molecule has 0 aromatic carbocycles. The molecule has 1 spiro atoms. The molecule has 0 nitrogen and oxygen atoms in total. The Morgan fingerprint density at radius 2 is 1.62 bits per heavy atom. The first kappa shape index (κ1) is 10.9. The van der Waals surface area contributed by atoms with Crippen LogP contribution in [-0.2, 0) is 0 Å². The van der Waals surface area contributed by atoms with E-state index in [4.69, 9.17) is 0 Å². The minimum Gasteiger partial charge on any atom is -0.0744 e. The van der Waals surface area contributed by atoms with Gasteiger partial charge in [0.2, 0.25) is 0 Å². The number of rotatable bonds is 0. The van der Waals surface area contributed by atoms with Gasteiger partial charge in [-0.2, -0.15) is 0 Å². The highest BCUT2D eigenvalue weighted by Crippen LogP contribution is 2.67. The van der Waals surface area contributed by atoms with Gasteiger partial charge in [0.15, 0.2) is 0 Å². The standard InChI is InChI=1S/C16H26/c1-11-5-6-16(8-12(11)2)9-13-7-14(10-16)15(13,3)4/h13-14H,5-10H2,1-4H3. The predicted molar refractivity (Wildman–Crippen MR) is 69.3 cm³/mol. The smallest absolute Gasteiger partial charge is 0.0252 e.